The molecule has 0 bridgehead atoms. The van der Waals surface area contributed by atoms with Crippen molar-refractivity contribution in [1.82, 2.24) is 0 Å². The van der Waals surface area contributed by atoms with E-state index < -0.39 is 11.8 Å². The van der Waals surface area contributed by atoms with Gasteiger partial charge in [-0.2, -0.15) is 0 Å². The number of rotatable bonds is 0. The van der Waals surface area contributed by atoms with Crippen molar-refractivity contribution < 1.29 is 36.7 Å². The van der Waals surface area contributed by atoms with Crippen molar-refractivity contribution >= 4 is 11.8 Å². The van der Waals surface area contributed by atoms with E-state index in [0.29, 0.717) is 0 Å². The Balaban J connectivity index is 0.000000640. The summed E-state index contributed by atoms with van der Waals surface area (Å²) in [5.74, 6) is -0.970. The molecule has 2 amide bonds. The number of hydrogen-bond donors (Lipinski definition) is 0. The molecule has 0 unspecified atom stereocenters. The van der Waals surface area contributed by atoms with Gasteiger partial charge < -0.3 is 19.6 Å². The van der Waals surface area contributed by atoms with Gasteiger partial charge in [0.25, 0.3) is 0 Å². The first-order chi connectivity index (χ1) is 3.79. The Morgan fingerprint density at radius 2 is 1.67 bits per heavy atom. The number of imide groups is 1. The second-order valence-electron chi connectivity index (χ2n) is 1.39. The first kappa shape index (κ1) is 8.84. The Morgan fingerprint density at radius 1 is 1.22 bits per heavy atom. The fraction of sp³-hybridized carbons (Fsp3) is 0.500. The Kier molecular flexibility index (Phi) is 3.72. The predicted octanol–water partition coefficient (Wildman–Crippen LogP) is -0.559. The minimum absolute atomic E-state index is 0. The zero-order valence-electron chi connectivity index (χ0n) is 4.39. The van der Waals surface area contributed by atoms with E-state index in [-0.39, 0.29) is 35.6 Å². The Morgan fingerprint density at radius 3 is 1.89 bits per heavy atom. The van der Waals surface area contributed by atoms with Crippen LogP contribution >= 0.6 is 0 Å². The third-order valence-corrected chi connectivity index (χ3v) is 0.700. The number of amides is 2. The van der Waals surface area contributed by atoms with Crippen LogP contribution in [0.2, 0.25) is 0 Å². The van der Waals surface area contributed by atoms with Gasteiger partial charge >= 0.3 is 22.4 Å². The summed E-state index contributed by atoms with van der Waals surface area (Å²) in [7, 11) is 0. The molecule has 0 aromatic carbocycles. The molecule has 9 heavy (non-hydrogen) atoms. The summed E-state index contributed by atoms with van der Waals surface area (Å²) < 4.78 is 4.50. The molecule has 0 saturated carbocycles. The Labute approximate surface area is 67.4 Å². The molecular weight excluding hydrogens is 307 g/mol. The summed E-state index contributed by atoms with van der Waals surface area (Å²) in [6.45, 7) is -0.0997. The average Bonchev–Trinajstić information content (AvgIpc) is 1.64. The minimum atomic E-state index is -0.485. The zero-order valence-corrected chi connectivity index (χ0v) is 6.55. The molecule has 0 aliphatic carbocycles. The van der Waals surface area contributed by atoms with Crippen LogP contribution in [0.4, 0.5) is 0 Å². The summed E-state index contributed by atoms with van der Waals surface area (Å²) in [5, 5.41) is 3.08. The number of hydrogen-bond acceptors (Lipinski definition) is 3. The number of morpholine rings is 1. The molecule has 1 aliphatic rings. The molecule has 4 nitrogen and oxygen atoms in total. The van der Waals surface area contributed by atoms with Crippen molar-refractivity contribution in [3.8, 4) is 0 Å². The summed E-state index contributed by atoms with van der Waals surface area (Å²) >= 11 is 0. The summed E-state index contributed by atoms with van der Waals surface area (Å²) in [6, 6.07) is 0. The van der Waals surface area contributed by atoms with Gasteiger partial charge in [-0.3, -0.25) is 0 Å². The largest absolute Gasteiger partial charge is 1.00 e. The molecule has 1 rings (SSSR count). The van der Waals surface area contributed by atoms with Crippen LogP contribution in [-0.2, 0) is 36.7 Å². The third kappa shape index (κ3) is 2.76. The molecule has 1 saturated heterocycles. The number of nitrogens with zero attached hydrogens (tertiary/aromatic N) is 1. The number of carbonyl (C=O) groups excluding carboxylic acids is 2. The van der Waals surface area contributed by atoms with E-state index in [2.05, 4.69) is 10.1 Å². The van der Waals surface area contributed by atoms with Gasteiger partial charge in [0.05, 0.1) is 25.0 Å². The van der Waals surface area contributed by atoms with E-state index in [9.17, 15) is 9.59 Å². The van der Waals surface area contributed by atoms with E-state index in [1.54, 1.807) is 0 Å². The second-order valence-corrected chi connectivity index (χ2v) is 1.39. The molecule has 0 aromatic rings. The van der Waals surface area contributed by atoms with Gasteiger partial charge in [0.2, 0.25) is 0 Å². The summed E-state index contributed by atoms with van der Waals surface area (Å²) in [5.41, 5.74) is 0. The van der Waals surface area contributed by atoms with Crippen LogP contribution in [0, 0.1) is 0 Å². The fourth-order valence-electron chi connectivity index (χ4n) is 0.429. The normalized spacial score (nSPS) is 18.2. The number of carbonyl (C=O) groups is 2. The predicted molar refractivity (Wildman–Crippen MR) is 24.2 cm³/mol. The van der Waals surface area contributed by atoms with Crippen LogP contribution in [0.3, 0.4) is 0 Å². The molecule has 5 heteroatoms. The van der Waals surface area contributed by atoms with Gasteiger partial charge in [-0.05, 0) is 0 Å². The maximum atomic E-state index is 10.2. The maximum Gasteiger partial charge on any atom is 1.00 e. The van der Waals surface area contributed by atoms with Crippen molar-refractivity contribution in [3.63, 3.8) is 0 Å². The quantitative estimate of drug-likeness (QED) is 0.445. The van der Waals surface area contributed by atoms with Crippen LogP contribution in [0.1, 0.15) is 0 Å². The monoisotopic (exact) mass is 311 g/mol. The smallest absolute Gasteiger partial charge is 0.592 e. The van der Waals surface area contributed by atoms with Crippen LogP contribution < -0.4 is 0 Å². The van der Waals surface area contributed by atoms with Gasteiger partial charge in [0.1, 0.15) is 0 Å². The van der Waals surface area contributed by atoms with Gasteiger partial charge in [0.15, 0.2) is 0 Å². The van der Waals surface area contributed by atoms with E-state index in [0.717, 1.165) is 0 Å². The second kappa shape index (κ2) is 3.79. The van der Waals surface area contributed by atoms with E-state index in [4.69, 9.17) is 0 Å². The maximum absolute atomic E-state index is 10.2. The summed E-state index contributed by atoms with van der Waals surface area (Å²) in [6.07, 6.45) is 0. The minimum Gasteiger partial charge on any atom is -0.592 e. The summed E-state index contributed by atoms with van der Waals surface area (Å²) in [4.78, 5) is 20.3. The molecule has 1 heterocycles. The Hall–Kier alpha value is -0.160. The average molecular weight is 311 g/mol. The molecule has 0 aromatic heterocycles. The zero-order chi connectivity index (χ0) is 5.98. The van der Waals surface area contributed by atoms with Crippen molar-refractivity contribution in [2.75, 3.05) is 13.2 Å². The first-order valence-corrected chi connectivity index (χ1v) is 2.14. The molecule has 0 radical (unpaired) electrons. The molecular formula is C4H4AuNO3. The van der Waals surface area contributed by atoms with Crippen LogP contribution in [-0.4, -0.2) is 25.0 Å². The standard InChI is InChI=1S/C4H5NO3.Au/c6-3-1-8-2-4(7)5-3;/h1-2H2,(H,5,6,7);/q;+1/p-1. The van der Waals surface area contributed by atoms with Gasteiger partial charge in [-0.15, -0.1) is 0 Å². The van der Waals surface area contributed by atoms with E-state index in [1.807, 2.05) is 0 Å². The van der Waals surface area contributed by atoms with Crippen molar-refractivity contribution in [2.45, 2.75) is 0 Å². The van der Waals surface area contributed by atoms with E-state index in [1.165, 1.54) is 0 Å². The van der Waals surface area contributed by atoms with Crippen molar-refractivity contribution in [1.29, 1.82) is 0 Å². The van der Waals surface area contributed by atoms with Gasteiger partial charge in [-0.1, -0.05) is 0 Å². The van der Waals surface area contributed by atoms with Crippen LogP contribution in [0.15, 0.2) is 0 Å². The number of ether oxygens (including phenoxy) is 1. The molecule has 54 valence electrons. The molecule has 1 aliphatic heterocycles. The first-order valence-electron chi connectivity index (χ1n) is 2.14. The van der Waals surface area contributed by atoms with Crippen molar-refractivity contribution in [2.24, 2.45) is 0 Å². The SMILES string of the molecule is O=C1COCC(=O)[N-]1.[Au+]. The van der Waals surface area contributed by atoms with Crippen molar-refractivity contribution in [3.05, 3.63) is 5.32 Å². The van der Waals surface area contributed by atoms with E-state index >= 15 is 0 Å². The Bertz CT molecular complexity index is 122. The fourth-order valence-corrected chi connectivity index (χ4v) is 0.429. The van der Waals surface area contributed by atoms with Crippen LogP contribution in [0.5, 0.6) is 0 Å². The topological polar surface area (TPSA) is 57.5 Å². The molecule has 0 atom stereocenters. The molecule has 0 N–H and O–H groups in total. The molecule has 1 fully saturated rings. The van der Waals surface area contributed by atoms with Crippen LogP contribution in [0.25, 0.3) is 5.32 Å². The molecule has 0 spiro atoms. The van der Waals surface area contributed by atoms with Gasteiger partial charge in [-0.25, -0.2) is 0 Å². The van der Waals surface area contributed by atoms with Gasteiger partial charge in [0, 0.05) is 0 Å². The third-order valence-electron chi connectivity index (χ3n) is 0.700.